The van der Waals surface area contributed by atoms with E-state index < -0.39 is 56.0 Å². The second kappa shape index (κ2) is 14.1. The molecule has 3 heterocycles. The molecule has 2 saturated carbocycles. The van der Waals surface area contributed by atoms with Crippen molar-refractivity contribution in [3.63, 3.8) is 0 Å². The van der Waals surface area contributed by atoms with Crippen LogP contribution in [0.25, 0.3) is 6.08 Å². The summed E-state index contributed by atoms with van der Waals surface area (Å²) in [5.41, 5.74) is -0.969. The molecule has 0 unspecified atom stereocenters. The van der Waals surface area contributed by atoms with Gasteiger partial charge in [0.05, 0.1) is 42.2 Å². The van der Waals surface area contributed by atoms with Gasteiger partial charge in [0.2, 0.25) is 27.7 Å². The molecule has 47 heavy (non-hydrogen) atoms. The first-order valence-electron chi connectivity index (χ1n) is 17.1. The third-order valence-electron chi connectivity index (χ3n) is 10.2. The molecular weight excluding hydrogens is 622 g/mol. The van der Waals surface area contributed by atoms with Crippen molar-refractivity contribution in [1.29, 1.82) is 0 Å². The molecule has 4 aliphatic rings. The maximum Gasteiger partial charge on any atom is 0.306 e. The third kappa shape index (κ3) is 8.24. The summed E-state index contributed by atoms with van der Waals surface area (Å²) in [7, 11) is -3.79. The molecule has 2 aliphatic heterocycles. The van der Waals surface area contributed by atoms with Crippen LogP contribution in [-0.2, 0) is 33.9 Å². The molecule has 0 aromatic carbocycles. The molecule has 12 heteroatoms. The Labute approximate surface area is 278 Å². The molecule has 5 rings (SSSR count). The van der Waals surface area contributed by atoms with Crippen molar-refractivity contribution in [2.45, 2.75) is 116 Å². The van der Waals surface area contributed by atoms with Crippen molar-refractivity contribution in [2.24, 2.45) is 22.7 Å². The monoisotopic (exact) mass is 671 g/mol. The van der Waals surface area contributed by atoms with Gasteiger partial charge in [0, 0.05) is 24.6 Å². The van der Waals surface area contributed by atoms with Gasteiger partial charge in [0.15, 0.2) is 5.78 Å². The Kier molecular flexibility index (Phi) is 10.5. The predicted molar refractivity (Wildman–Crippen MR) is 175 cm³/mol. The maximum atomic E-state index is 14.4. The molecule has 1 saturated heterocycles. The fraction of sp³-hybridized carbons (Fsp3) is 0.686. The lowest BCUT2D eigenvalue weighted by Gasteiger charge is -2.34. The summed E-state index contributed by atoms with van der Waals surface area (Å²) in [5, 5.41) is -0.565. The lowest BCUT2D eigenvalue weighted by Crippen LogP contribution is -2.48. The second-order valence-electron chi connectivity index (χ2n) is 14.8. The van der Waals surface area contributed by atoms with E-state index in [1.807, 2.05) is 45.9 Å². The van der Waals surface area contributed by atoms with Gasteiger partial charge in [-0.05, 0) is 68.4 Å². The summed E-state index contributed by atoms with van der Waals surface area (Å²) in [5.74, 6) is -2.25. The molecule has 11 nitrogen and oxygen atoms in total. The molecule has 2 bridgehead atoms. The van der Waals surface area contributed by atoms with Crippen LogP contribution in [0.15, 0.2) is 24.4 Å². The van der Waals surface area contributed by atoms with E-state index >= 15 is 0 Å². The Balaban J connectivity index is 1.44. The van der Waals surface area contributed by atoms with Crippen LogP contribution in [0.4, 0.5) is 0 Å². The van der Waals surface area contributed by atoms with Crippen molar-refractivity contribution < 1.29 is 37.1 Å². The van der Waals surface area contributed by atoms with Crippen molar-refractivity contribution >= 4 is 39.7 Å². The number of ketones is 1. The van der Waals surface area contributed by atoms with Gasteiger partial charge in [0.1, 0.15) is 6.10 Å². The van der Waals surface area contributed by atoms with Crippen LogP contribution in [0.3, 0.4) is 0 Å². The summed E-state index contributed by atoms with van der Waals surface area (Å²) < 4.78 is 39.5. The molecule has 1 aromatic heterocycles. The van der Waals surface area contributed by atoms with E-state index in [1.165, 1.54) is 4.90 Å². The number of rotatable bonds is 7. The van der Waals surface area contributed by atoms with E-state index in [0.717, 1.165) is 31.2 Å². The number of cyclic esters (lactones) is 1. The maximum absolute atomic E-state index is 14.4. The number of amides is 2. The zero-order chi connectivity index (χ0) is 34.0. The highest BCUT2D eigenvalue weighted by Crippen LogP contribution is 2.58. The van der Waals surface area contributed by atoms with Crippen molar-refractivity contribution in [3.05, 3.63) is 30.0 Å². The van der Waals surface area contributed by atoms with E-state index in [2.05, 4.69) is 15.8 Å². The number of allylic oxidation sites excluding steroid dienone is 1. The standard InChI is InChI=1S/C35H49N3O8S/c1-5-24-20-35(24,33(42)37-47(43,44)26-14-15-26)21-29(39)28-18-25-22-38(28)32(41)27(34(2,3)4)19-30(40)45-17-10-8-6-7-9-12-23-13-11-16-36-31(23)46-25/h9,11-13,16,24-28H,5-8,10,14-15,17-22H2,1-4H3,(H,37,42)/b12-9+/t24-,25-,27-,28+,35-/m1/s1. The Hall–Kier alpha value is -3.28. The number of Topliss-reactive ketones (excluding diaryl/α,β-unsaturated/α-hetero) is 1. The molecule has 1 N–H and O–H groups in total. The molecule has 0 radical (unpaired) electrons. The summed E-state index contributed by atoms with van der Waals surface area (Å²) in [4.78, 5) is 61.0. The van der Waals surface area contributed by atoms with Gasteiger partial charge in [-0.3, -0.25) is 23.9 Å². The number of nitrogens with one attached hydrogen (secondary N) is 1. The van der Waals surface area contributed by atoms with Gasteiger partial charge in [-0.25, -0.2) is 13.4 Å². The van der Waals surface area contributed by atoms with Crippen LogP contribution in [0, 0.1) is 22.7 Å². The van der Waals surface area contributed by atoms with E-state index in [1.54, 1.807) is 6.20 Å². The Morgan fingerprint density at radius 1 is 1.15 bits per heavy atom. The van der Waals surface area contributed by atoms with Crippen LogP contribution in [0.2, 0.25) is 0 Å². The average Bonchev–Trinajstić information content (AvgIpc) is 3.93. The SMILES string of the molecule is CC[C@@H]1C[C@]1(CC(=O)[C@@H]1C[C@@H]2CN1C(=O)[C@H](C(C)(C)C)CC(=O)OCCCCC/C=C/c1cccnc1O2)C(=O)NS(=O)(=O)C1CC1. The predicted octanol–water partition coefficient (Wildman–Crippen LogP) is 4.60. The highest BCUT2D eigenvalue weighted by atomic mass is 32.2. The zero-order valence-electron chi connectivity index (χ0n) is 28.0. The van der Waals surface area contributed by atoms with Gasteiger partial charge in [-0.15, -0.1) is 0 Å². The largest absolute Gasteiger partial charge is 0.472 e. The number of carbonyl (C=O) groups excluding carboxylic acids is 4. The van der Waals surface area contributed by atoms with Crippen molar-refractivity contribution in [2.75, 3.05) is 13.2 Å². The summed E-state index contributed by atoms with van der Waals surface area (Å²) >= 11 is 0. The Morgan fingerprint density at radius 3 is 2.60 bits per heavy atom. The van der Waals surface area contributed by atoms with Crippen LogP contribution >= 0.6 is 0 Å². The number of pyridine rings is 1. The first-order valence-corrected chi connectivity index (χ1v) is 18.6. The number of hydrogen-bond donors (Lipinski definition) is 1. The Morgan fingerprint density at radius 2 is 1.91 bits per heavy atom. The smallest absolute Gasteiger partial charge is 0.306 e. The molecule has 258 valence electrons. The van der Waals surface area contributed by atoms with Gasteiger partial charge in [0.25, 0.3) is 0 Å². The summed E-state index contributed by atoms with van der Waals surface area (Å²) in [6.45, 7) is 7.96. The molecular formula is C35H49N3O8S. The molecule has 2 aliphatic carbocycles. The van der Waals surface area contributed by atoms with E-state index in [4.69, 9.17) is 9.47 Å². The number of ether oxygens (including phenoxy) is 2. The first kappa shape index (κ1) is 35.0. The highest BCUT2D eigenvalue weighted by molar-refractivity contribution is 7.90. The fourth-order valence-corrected chi connectivity index (χ4v) is 8.34. The normalized spacial score (nSPS) is 29.8. The van der Waals surface area contributed by atoms with Crippen LogP contribution in [0.5, 0.6) is 5.88 Å². The van der Waals surface area contributed by atoms with Gasteiger partial charge in [-0.1, -0.05) is 46.3 Å². The topological polar surface area (TPSA) is 149 Å². The number of fused-ring (bicyclic) bond motifs is 3. The number of nitrogens with zero attached hydrogens (tertiary/aromatic N) is 2. The highest BCUT2D eigenvalue weighted by Gasteiger charge is 2.61. The number of sulfonamides is 1. The summed E-state index contributed by atoms with van der Waals surface area (Å²) in [6, 6.07) is 2.81. The number of esters is 1. The quantitative estimate of drug-likeness (QED) is 0.411. The average molecular weight is 672 g/mol. The lowest BCUT2D eigenvalue weighted by molar-refractivity contribution is -0.153. The number of aromatic nitrogens is 1. The number of carbonyl (C=O) groups is 4. The van der Waals surface area contributed by atoms with Gasteiger partial charge in [-0.2, -0.15) is 0 Å². The zero-order valence-corrected chi connectivity index (χ0v) is 28.9. The molecule has 2 amide bonds. The minimum Gasteiger partial charge on any atom is -0.472 e. The minimum atomic E-state index is -3.79. The second-order valence-corrected chi connectivity index (χ2v) is 16.7. The van der Waals surface area contributed by atoms with E-state index in [-0.39, 0.29) is 50.0 Å². The minimum absolute atomic E-state index is 0.100. The van der Waals surface area contributed by atoms with Gasteiger partial charge < -0.3 is 14.4 Å². The lowest BCUT2D eigenvalue weighted by atomic mass is 9.77. The Bertz CT molecular complexity index is 1500. The van der Waals surface area contributed by atoms with Crippen molar-refractivity contribution in [3.8, 4) is 5.88 Å². The van der Waals surface area contributed by atoms with E-state index in [9.17, 15) is 27.6 Å². The summed E-state index contributed by atoms with van der Waals surface area (Å²) in [6.07, 6.45) is 10.4. The van der Waals surface area contributed by atoms with E-state index in [0.29, 0.717) is 31.6 Å². The van der Waals surface area contributed by atoms with Crippen LogP contribution < -0.4 is 9.46 Å². The molecule has 5 atom stereocenters. The molecule has 0 spiro atoms. The van der Waals surface area contributed by atoms with Gasteiger partial charge >= 0.3 is 5.97 Å². The fourth-order valence-electron chi connectivity index (χ4n) is 6.96. The number of hydrogen-bond acceptors (Lipinski definition) is 9. The molecule has 1 aromatic rings. The molecule has 3 fully saturated rings. The van der Waals surface area contributed by atoms with Crippen LogP contribution in [-0.4, -0.2) is 72.4 Å². The first-order chi connectivity index (χ1) is 22.2. The van der Waals surface area contributed by atoms with Crippen molar-refractivity contribution in [1.82, 2.24) is 14.6 Å². The third-order valence-corrected chi connectivity index (χ3v) is 12.0. The van der Waals surface area contributed by atoms with Crippen LogP contribution in [0.1, 0.15) is 104 Å².